The van der Waals surface area contributed by atoms with Crippen LogP contribution in [0.2, 0.25) is 5.02 Å². The van der Waals surface area contributed by atoms with Crippen molar-refractivity contribution in [1.29, 1.82) is 0 Å². The second-order valence-corrected chi connectivity index (χ2v) is 7.91. The number of amides is 1. The number of anilines is 1. The maximum absolute atomic E-state index is 13.1. The van der Waals surface area contributed by atoms with Crippen LogP contribution in [-0.4, -0.2) is 55.2 Å². The standard InChI is InChI=1S/C23H24ClFN4O2/c1-16-21(22(27-31-16)19-4-2-3-5-20(19)24)23(30)26-10-11-28-12-14-29(15-13-28)18-8-6-17(25)7-9-18/h2-9H,10-15H2,1H3,(H,26,30). The summed E-state index contributed by atoms with van der Waals surface area (Å²) in [6, 6.07) is 13.8. The molecular weight excluding hydrogens is 419 g/mol. The lowest BCUT2D eigenvalue weighted by molar-refractivity contribution is 0.0947. The molecule has 1 fully saturated rings. The zero-order chi connectivity index (χ0) is 21.8. The van der Waals surface area contributed by atoms with E-state index in [-0.39, 0.29) is 11.7 Å². The summed E-state index contributed by atoms with van der Waals surface area (Å²) < 4.78 is 18.4. The van der Waals surface area contributed by atoms with E-state index in [4.69, 9.17) is 16.1 Å². The van der Waals surface area contributed by atoms with Gasteiger partial charge in [0.15, 0.2) is 0 Å². The van der Waals surface area contributed by atoms with Gasteiger partial charge in [-0.1, -0.05) is 35.0 Å². The number of piperazine rings is 1. The number of rotatable bonds is 6. The van der Waals surface area contributed by atoms with Crippen molar-refractivity contribution in [2.45, 2.75) is 6.92 Å². The summed E-state index contributed by atoms with van der Waals surface area (Å²) in [4.78, 5) is 17.4. The van der Waals surface area contributed by atoms with Crippen molar-refractivity contribution in [2.75, 3.05) is 44.2 Å². The summed E-state index contributed by atoms with van der Waals surface area (Å²) in [6.07, 6.45) is 0. The van der Waals surface area contributed by atoms with Gasteiger partial charge in [0, 0.05) is 50.5 Å². The number of nitrogens with zero attached hydrogens (tertiary/aromatic N) is 3. The molecule has 3 aromatic rings. The Morgan fingerprint density at radius 3 is 2.55 bits per heavy atom. The number of aromatic nitrogens is 1. The molecule has 2 heterocycles. The highest BCUT2D eigenvalue weighted by atomic mass is 35.5. The van der Waals surface area contributed by atoms with Gasteiger partial charge in [0.1, 0.15) is 22.8 Å². The topological polar surface area (TPSA) is 61.6 Å². The Bertz CT molecular complexity index is 1050. The minimum atomic E-state index is -0.224. The Balaban J connectivity index is 1.30. The van der Waals surface area contributed by atoms with E-state index in [1.165, 1.54) is 12.1 Å². The molecule has 0 spiro atoms. The van der Waals surface area contributed by atoms with Gasteiger partial charge in [-0.3, -0.25) is 9.69 Å². The van der Waals surface area contributed by atoms with Gasteiger partial charge in [-0.15, -0.1) is 0 Å². The van der Waals surface area contributed by atoms with Crippen LogP contribution in [0.25, 0.3) is 11.3 Å². The van der Waals surface area contributed by atoms with Gasteiger partial charge in [-0.25, -0.2) is 4.39 Å². The van der Waals surface area contributed by atoms with Crippen LogP contribution in [-0.2, 0) is 0 Å². The van der Waals surface area contributed by atoms with Crippen molar-refractivity contribution in [1.82, 2.24) is 15.4 Å². The highest BCUT2D eigenvalue weighted by Crippen LogP contribution is 2.30. The maximum atomic E-state index is 13.1. The van der Waals surface area contributed by atoms with Crippen molar-refractivity contribution >= 4 is 23.2 Å². The molecule has 8 heteroatoms. The molecule has 4 rings (SSSR count). The van der Waals surface area contributed by atoms with E-state index >= 15 is 0 Å². The molecule has 1 aliphatic heterocycles. The highest BCUT2D eigenvalue weighted by molar-refractivity contribution is 6.33. The molecule has 1 aromatic heterocycles. The molecule has 0 saturated carbocycles. The van der Waals surface area contributed by atoms with E-state index in [9.17, 15) is 9.18 Å². The van der Waals surface area contributed by atoms with Crippen LogP contribution in [0, 0.1) is 12.7 Å². The molecule has 1 aliphatic rings. The number of carbonyl (C=O) groups excluding carboxylic acids is 1. The molecule has 0 unspecified atom stereocenters. The first kappa shape index (κ1) is 21.3. The molecule has 0 bridgehead atoms. The van der Waals surface area contributed by atoms with E-state index in [0.717, 1.165) is 38.4 Å². The second-order valence-electron chi connectivity index (χ2n) is 7.50. The van der Waals surface area contributed by atoms with Crippen LogP contribution in [0.5, 0.6) is 0 Å². The number of aryl methyl sites for hydroxylation is 1. The van der Waals surface area contributed by atoms with Gasteiger partial charge in [0.25, 0.3) is 5.91 Å². The van der Waals surface area contributed by atoms with E-state index in [2.05, 4.69) is 20.3 Å². The predicted molar refractivity (Wildman–Crippen MR) is 119 cm³/mol. The summed E-state index contributed by atoms with van der Waals surface area (Å²) in [5.74, 6) is 0.0119. The first-order valence-corrected chi connectivity index (χ1v) is 10.6. The fourth-order valence-corrected chi connectivity index (χ4v) is 4.00. The lowest BCUT2D eigenvalue weighted by atomic mass is 10.1. The second kappa shape index (κ2) is 9.49. The summed E-state index contributed by atoms with van der Waals surface area (Å²) in [6.45, 7) is 6.46. The van der Waals surface area contributed by atoms with Crippen molar-refractivity contribution < 1.29 is 13.7 Å². The van der Waals surface area contributed by atoms with E-state index in [1.54, 1.807) is 13.0 Å². The number of nitrogens with one attached hydrogen (secondary N) is 1. The van der Waals surface area contributed by atoms with Crippen molar-refractivity contribution in [3.05, 3.63) is 70.7 Å². The number of hydrogen-bond acceptors (Lipinski definition) is 5. The third-order valence-corrected chi connectivity index (χ3v) is 5.83. The normalized spacial score (nSPS) is 14.6. The quantitative estimate of drug-likeness (QED) is 0.625. The summed E-state index contributed by atoms with van der Waals surface area (Å²) >= 11 is 6.27. The van der Waals surface area contributed by atoms with Crippen molar-refractivity contribution in [3.63, 3.8) is 0 Å². The minimum absolute atomic E-state index is 0.223. The molecule has 0 radical (unpaired) electrons. The molecule has 0 atom stereocenters. The molecule has 6 nitrogen and oxygen atoms in total. The Hall–Kier alpha value is -2.90. The van der Waals surface area contributed by atoms with Gasteiger partial charge >= 0.3 is 0 Å². The Morgan fingerprint density at radius 2 is 1.84 bits per heavy atom. The molecule has 1 amide bonds. The molecule has 0 aliphatic carbocycles. The van der Waals surface area contributed by atoms with Crippen LogP contribution in [0.4, 0.5) is 10.1 Å². The molecule has 1 saturated heterocycles. The lowest BCUT2D eigenvalue weighted by Gasteiger charge is -2.36. The van der Waals surface area contributed by atoms with Crippen LogP contribution in [0.1, 0.15) is 16.1 Å². The lowest BCUT2D eigenvalue weighted by Crippen LogP contribution is -2.48. The zero-order valence-electron chi connectivity index (χ0n) is 17.3. The maximum Gasteiger partial charge on any atom is 0.257 e. The first-order valence-electron chi connectivity index (χ1n) is 10.2. The SMILES string of the molecule is Cc1onc(-c2ccccc2Cl)c1C(=O)NCCN1CCN(c2ccc(F)cc2)CC1. The van der Waals surface area contributed by atoms with Gasteiger partial charge in [0.2, 0.25) is 0 Å². The minimum Gasteiger partial charge on any atom is -0.369 e. The van der Waals surface area contributed by atoms with Gasteiger partial charge < -0.3 is 14.7 Å². The fourth-order valence-electron chi connectivity index (χ4n) is 3.77. The summed E-state index contributed by atoms with van der Waals surface area (Å²) in [5, 5.41) is 7.54. The molecular formula is C23H24ClFN4O2. The number of halogens is 2. The third-order valence-electron chi connectivity index (χ3n) is 5.50. The summed E-state index contributed by atoms with van der Waals surface area (Å²) in [5.41, 5.74) is 2.57. The molecule has 31 heavy (non-hydrogen) atoms. The van der Waals surface area contributed by atoms with Gasteiger partial charge in [0.05, 0.1) is 5.02 Å². The monoisotopic (exact) mass is 442 g/mol. The number of hydrogen-bond donors (Lipinski definition) is 1. The van der Waals surface area contributed by atoms with Gasteiger partial charge in [-0.2, -0.15) is 0 Å². The van der Waals surface area contributed by atoms with Crippen molar-refractivity contribution in [2.24, 2.45) is 0 Å². The van der Waals surface area contributed by atoms with Crippen LogP contribution < -0.4 is 10.2 Å². The average Bonchev–Trinajstić information content (AvgIpc) is 3.16. The molecule has 1 N–H and O–H groups in total. The Labute approximate surface area is 185 Å². The fraction of sp³-hybridized carbons (Fsp3) is 0.304. The van der Waals surface area contributed by atoms with Crippen molar-refractivity contribution in [3.8, 4) is 11.3 Å². The van der Waals surface area contributed by atoms with E-state index < -0.39 is 0 Å². The predicted octanol–water partition coefficient (Wildman–Crippen LogP) is 3.99. The number of benzene rings is 2. The molecule has 2 aromatic carbocycles. The van der Waals surface area contributed by atoms with Crippen LogP contribution in [0.15, 0.2) is 53.1 Å². The average molecular weight is 443 g/mol. The zero-order valence-corrected chi connectivity index (χ0v) is 18.0. The smallest absolute Gasteiger partial charge is 0.257 e. The molecule has 162 valence electrons. The first-order chi connectivity index (χ1) is 15.0. The third kappa shape index (κ3) is 4.89. The van der Waals surface area contributed by atoms with Crippen LogP contribution in [0.3, 0.4) is 0 Å². The largest absolute Gasteiger partial charge is 0.369 e. The Kier molecular flexibility index (Phi) is 6.53. The van der Waals surface area contributed by atoms with E-state index in [0.29, 0.717) is 34.1 Å². The van der Waals surface area contributed by atoms with E-state index in [1.807, 2.05) is 30.3 Å². The number of carbonyl (C=O) groups is 1. The van der Waals surface area contributed by atoms with Gasteiger partial charge in [-0.05, 0) is 37.3 Å². The Morgan fingerprint density at radius 1 is 1.13 bits per heavy atom. The highest BCUT2D eigenvalue weighted by Gasteiger charge is 2.23. The summed E-state index contributed by atoms with van der Waals surface area (Å²) in [7, 11) is 0. The van der Waals surface area contributed by atoms with Crippen LogP contribution >= 0.6 is 11.6 Å².